The summed E-state index contributed by atoms with van der Waals surface area (Å²) in [5.74, 6) is -0.232. The van der Waals surface area contributed by atoms with Crippen LogP contribution in [0, 0.1) is 5.82 Å². The topological polar surface area (TPSA) is 6.48 Å². The second-order valence-corrected chi connectivity index (χ2v) is 7.45. The van der Waals surface area contributed by atoms with Gasteiger partial charge in [-0.2, -0.15) is 0 Å². The highest BCUT2D eigenvalue weighted by molar-refractivity contribution is 7.80. The first-order valence-corrected chi connectivity index (χ1v) is 10.0. The van der Waals surface area contributed by atoms with E-state index in [1.54, 1.807) is 12.1 Å². The largest absolute Gasteiger partial charge is 0.360 e. The minimum Gasteiger partial charge on any atom is -0.360 e. The molecule has 4 heteroatoms. The van der Waals surface area contributed by atoms with E-state index in [0.29, 0.717) is 0 Å². The fourth-order valence-corrected chi connectivity index (χ4v) is 4.16. The summed E-state index contributed by atoms with van der Waals surface area (Å²) in [7, 11) is 0. The monoisotopic (exact) mass is 390 g/mol. The van der Waals surface area contributed by atoms with E-state index in [9.17, 15) is 4.39 Å². The highest BCUT2D eigenvalue weighted by atomic mass is 32.1. The average molecular weight is 391 g/mol. The van der Waals surface area contributed by atoms with Crippen LogP contribution in [0.1, 0.15) is 22.7 Å². The first-order valence-electron chi connectivity index (χ1n) is 9.61. The lowest BCUT2D eigenvalue weighted by Gasteiger charge is -2.40. The van der Waals surface area contributed by atoms with Gasteiger partial charge in [0.25, 0.3) is 0 Å². The zero-order valence-corrected chi connectivity index (χ0v) is 16.5. The molecule has 3 aromatic rings. The normalized spacial score (nSPS) is 15.0. The maximum atomic E-state index is 13.2. The molecule has 1 saturated heterocycles. The molecule has 28 heavy (non-hydrogen) atoms. The van der Waals surface area contributed by atoms with Gasteiger partial charge in [-0.25, -0.2) is 4.39 Å². The van der Waals surface area contributed by atoms with Crippen LogP contribution in [0.25, 0.3) is 0 Å². The molecule has 0 radical (unpaired) electrons. The Morgan fingerprint density at radius 2 is 1.21 bits per heavy atom. The van der Waals surface area contributed by atoms with Crippen molar-refractivity contribution >= 4 is 17.2 Å². The molecular weight excluding hydrogens is 367 g/mol. The van der Waals surface area contributed by atoms with Crippen LogP contribution >= 0.6 is 12.2 Å². The van der Waals surface area contributed by atoms with Crippen molar-refractivity contribution < 1.29 is 4.39 Å². The van der Waals surface area contributed by atoms with Crippen molar-refractivity contribution in [2.75, 3.05) is 26.2 Å². The van der Waals surface area contributed by atoms with Crippen LogP contribution in [0.5, 0.6) is 0 Å². The number of thiocarbonyl (C=S) groups is 1. The number of hydrogen-bond donors (Lipinski definition) is 0. The quantitative estimate of drug-likeness (QED) is 0.585. The van der Waals surface area contributed by atoms with Gasteiger partial charge in [0.1, 0.15) is 10.8 Å². The van der Waals surface area contributed by atoms with Crippen LogP contribution in [0.3, 0.4) is 0 Å². The highest BCUT2D eigenvalue weighted by Crippen LogP contribution is 2.29. The first-order chi connectivity index (χ1) is 13.7. The molecule has 1 aliphatic rings. The van der Waals surface area contributed by atoms with Gasteiger partial charge in [-0.05, 0) is 35.4 Å². The molecule has 0 unspecified atom stereocenters. The van der Waals surface area contributed by atoms with Crippen molar-refractivity contribution in [3.8, 4) is 0 Å². The lowest BCUT2D eigenvalue weighted by Crippen LogP contribution is -2.49. The van der Waals surface area contributed by atoms with Crippen molar-refractivity contribution in [3.05, 3.63) is 107 Å². The fraction of sp³-hybridized carbons (Fsp3) is 0.208. The summed E-state index contributed by atoms with van der Waals surface area (Å²) in [5.41, 5.74) is 3.53. The summed E-state index contributed by atoms with van der Waals surface area (Å²) < 4.78 is 13.2. The lowest BCUT2D eigenvalue weighted by atomic mass is 9.96. The minimum atomic E-state index is -0.232. The van der Waals surface area contributed by atoms with E-state index in [2.05, 4.69) is 70.5 Å². The van der Waals surface area contributed by atoms with Crippen molar-refractivity contribution in [1.29, 1.82) is 0 Å². The van der Waals surface area contributed by atoms with Crippen LogP contribution in [-0.4, -0.2) is 41.0 Å². The second kappa shape index (κ2) is 8.63. The standard InChI is InChI=1S/C24H23FN2S/c25-22-13-11-21(12-14-22)24(28)27-17-15-26(16-18-27)23(19-7-3-1-4-8-19)20-9-5-2-6-10-20/h1-14,23H,15-18H2. The first kappa shape index (κ1) is 18.8. The molecule has 0 saturated carbocycles. The third-order valence-electron chi connectivity index (χ3n) is 5.29. The molecular formula is C24H23FN2S. The number of hydrogen-bond acceptors (Lipinski definition) is 2. The van der Waals surface area contributed by atoms with Crippen molar-refractivity contribution in [1.82, 2.24) is 9.80 Å². The Bertz CT molecular complexity index is 865. The number of rotatable bonds is 4. The predicted octanol–water partition coefficient (Wildman–Crippen LogP) is 4.91. The van der Waals surface area contributed by atoms with Crippen LogP contribution in [-0.2, 0) is 0 Å². The third kappa shape index (κ3) is 4.13. The molecule has 0 N–H and O–H groups in total. The van der Waals surface area contributed by atoms with Gasteiger partial charge in [0, 0.05) is 31.7 Å². The zero-order chi connectivity index (χ0) is 19.3. The molecule has 0 aromatic heterocycles. The Kier molecular flexibility index (Phi) is 5.79. The van der Waals surface area contributed by atoms with Gasteiger partial charge in [0.2, 0.25) is 0 Å². The van der Waals surface area contributed by atoms with Crippen molar-refractivity contribution in [2.45, 2.75) is 6.04 Å². The molecule has 0 bridgehead atoms. The molecule has 0 atom stereocenters. The summed E-state index contributed by atoms with van der Waals surface area (Å²) in [6, 6.07) is 28.0. The maximum Gasteiger partial charge on any atom is 0.123 e. The third-order valence-corrected chi connectivity index (χ3v) is 5.78. The van der Waals surface area contributed by atoms with E-state index in [-0.39, 0.29) is 11.9 Å². The van der Waals surface area contributed by atoms with Gasteiger partial charge in [0.15, 0.2) is 0 Å². The van der Waals surface area contributed by atoms with Crippen molar-refractivity contribution in [2.24, 2.45) is 0 Å². The molecule has 2 nitrogen and oxygen atoms in total. The number of halogens is 1. The minimum absolute atomic E-state index is 0.232. The maximum absolute atomic E-state index is 13.2. The Hall–Kier alpha value is -2.56. The predicted molar refractivity (Wildman–Crippen MR) is 116 cm³/mol. The van der Waals surface area contributed by atoms with Gasteiger partial charge in [-0.3, -0.25) is 4.90 Å². The van der Waals surface area contributed by atoms with Gasteiger partial charge < -0.3 is 4.90 Å². The smallest absolute Gasteiger partial charge is 0.123 e. The Morgan fingerprint density at radius 3 is 1.71 bits per heavy atom. The van der Waals surface area contributed by atoms with Gasteiger partial charge in [-0.15, -0.1) is 0 Å². The molecule has 1 aliphatic heterocycles. The van der Waals surface area contributed by atoms with Crippen LogP contribution in [0.4, 0.5) is 4.39 Å². The number of nitrogens with zero attached hydrogens (tertiary/aromatic N) is 2. The van der Waals surface area contributed by atoms with E-state index in [1.807, 2.05) is 0 Å². The molecule has 142 valence electrons. The number of benzene rings is 3. The van der Waals surface area contributed by atoms with Gasteiger partial charge in [-0.1, -0.05) is 72.9 Å². The SMILES string of the molecule is Fc1ccc(C(=S)N2CCN(C(c3ccccc3)c3ccccc3)CC2)cc1. The summed E-state index contributed by atoms with van der Waals surface area (Å²) in [5, 5.41) is 0. The molecule has 1 fully saturated rings. The summed E-state index contributed by atoms with van der Waals surface area (Å²) >= 11 is 5.66. The summed E-state index contributed by atoms with van der Waals surface area (Å²) in [6.07, 6.45) is 0. The summed E-state index contributed by atoms with van der Waals surface area (Å²) in [6.45, 7) is 3.59. The van der Waals surface area contributed by atoms with E-state index >= 15 is 0 Å². The van der Waals surface area contributed by atoms with E-state index in [4.69, 9.17) is 12.2 Å². The van der Waals surface area contributed by atoms with Crippen LogP contribution < -0.4 is 0 Å². The Labute approximate surface area is 171 Å². The van der Waals surface area contributed by atoms with Crippen LogP contribution in [0.2, 0.25) is 0 Å². The zero-order valence-electron chi connectivity index (χ0n) is 15.7. The van der Waals surface area contributed by atoms with E-state index in [0.717, 1.165) is 36.7 Å². The lowest BCUT2D eigenvalue weighted by molar-refractivity contribution is 0.152. The molecule has 3 aromatic carbocycles. The van der Waals surface area contributed by atoms with E-state index < -0.39 is 0 Å². The van der Waals surface area contributed by atoms with Gasteiger partial charge >= 0.3 is 0 Å². The summed E-state index contributed by atoms with van der Waals surface area (Å²) in [4.78, 5) is 5.55. The second-order valence-electron chi connectivity index (χ2n) is 7.06. The Morgan fingerprint density at radius 1 is 0.714 bits per heavy atom. The molecule has 4 rings (SSSR count). The highest BCUT2D eigenvalue weighted by Gasteiger charge is 2.27. The van der Waals surface area contributed by atoms with Crippen molar-refractivity contribution in [3.63, 3.8) is 0 Å². The average Bonchev–Trinajstić information content (AvgIpc) is 2.76. The fourth-order valence-electron chi connectivity index (χ4n) is 3.84. The molecule has 0 spiro atoms. The molecule has 0 amide bonds. The van der Waals surface area contributed by atoms with Crippen LogP contribution in [0.15, 0.2) is 84.9 Å². The number of piperazine rings is 1. The molecule has 0 aliphatic carbocycles. The molecule has 1 heterocycles. The van der Waals surface area contributed by atoms with E-state index in [1.165, 1.54) is 23.3 Å². The Balaban J connectivity index is 1.50. The van der Waals surface area contributed by atoms with Gasteiger partial charge in [0.05, 0.1) is 6.04 Å².